The van der Waals surface area contributed by atoms with E-state index in [4.69, 9.17) is 0 Å². The van der Waals surface area contributed by atoms with Crippen molar-refractivity contribution in [1.82, 2.24) is 20.9 Å². The number of nitrogens with zero attached hydrogens (tertiary/aromatic N) is 1. The van der Waals surface area contributed by atoms with E-state index in [1.54, 1.807) is 0 Å². The average molecular weight is 359 g/mol. The summed E-state index contributed by atoms with van der Waals surface area (Å²) in [5, 5.41) is 9.43. The van der Waals surface area contributed by atoms with Crippen LogP contribution in [0.25, 0.3) is 0 Å². The first-order valence-corrected chi connectivity index (χ1v) is 9.19. The zero-order valence-electron chi connectivity index (χ0n) is 14.6. The highest BCUT2D eigenvalue weighted by molar-refractivity contribution is 5.85. The van der Waals surface area contributed by atoms with Crippen LogP contribution in [0.5, 0.6) is 0 Å². The van der Waals surface area contributed by atoms with Crippen molar-refractivity contribution < 1.29 is 9.59 Å². The molecular weight excluding hydrogens is 328 g/mol. The zero-order valence-corrected chi connectivity index (χ0v) is 15.4. The summed E-state index contributed by atoms with van der Waals surface area (Å²) in [5.41, 5.74) is 0. The van der Waals surface area contributed by atoms with Crippen molar-refractivity contribution in [3.05, 3.63) is 0 Å². The molecule has 2 heterocycles. The molecule has 2 amide bonds. The van der Waals surface area contributed by atoms with Crippen LogP contribution in [0, 0.1) is 5.92 Å². The average Bonchev–Trinajstić information content (AvgIpc) is 3.21. The number of carbonyl (C=O) groups excluding carboxylic acids is 2. The molecule has 0 aromatic heterocycles. The maximum absolute atomic E-state index is 12.2. The Bertz CT molecular complexity index is 438. The van der Waals surface area contributed by atoms with E-state index in [-0.39, 0.29) is 36.3 Å². The lowest BCUT2D eigenvalue weighted by molar-refractivity contribution is -0.127. The third kappa shape index (κ3) is 5.33. The highest BCUT2D eigenvalue weighted by Gasteiger charge is 2.31. The number of piperidine rings is 1. The standard InChI is InChI=1S/C17H30N4O2.ClH/c1-12(16(22)20-14-6-7-14)21-9-3-4-13(11-21)10-19-17(23)15-5-2-8-18-15;/h12-15,18H,2-11H2,1H3,(H,19,23)(H,20,22);1H. The molecule has 0 radical (unpaired) electrons. The molecule has 7 heteroatoms. The molecule has 3 unspecified atom stereocenters. The van der Waals surface area contributed by atoms with Gasteiger partial charge in [-0.25, -0.2) is 0 Å². The van der Waals surface area contributed by atoms with Crippen LogP contribution in [0.4, 0.5) is 0 Å². The van der Waals surface area contributed by atoms with Gasteiger partial charge in [-0.3, -0.25) is 14.5 Å². The molecule has 24 heavy (non-hydrogen) atoms. The predicted octanol–water partition coefficient (Wildman–Crippen LogP) is 0.656. The Kier molecular flexibility index (Phi) is 7.32. The first-order chi connectivity index (χ1) is 11.1. The molecule has 1 aliphatic carbocycles. The normalized spacial score (nSPS) is 28.7. The summed E-state index contributed by atoms with van der Waals surface area (Å²) in [7, 11) is 0. The maximum Gasteiger partial charge on any atom is 0.237 e. The number of likely N-dealkylation sites (tertiary alicyclic amines) is 1. The van der Waals surface area contributed by atoms with E-state index in [9.17, 15) is 9.59 Å². The minimum Gasteiger partial charge on any atom is -0.354 e. The molecule has 3 aliphatic rings. The first kappa shape index (κ1) is 19.5. The molecule has 3 atom stereocenters. The summed E-state index contributed by atoms with van der Waals surface area (Å²) in [6.07, 6.45) is 6.52. The van der Waals surface area contributed by atoms with E-state index in [0.29, 0.717) is 12.0 Å². The molecule has 138 valence electrons. The van der Waals surface area contributed by atoms with E-state index in [1.165, 1.54) is 0 Å². The van der Waals surface area contributed by atoms with Crippen molar-refractivity contribution in [1.29, 1.82) is 0 Å². The van der Waals surface area contributed by atoms with Crippen LogP contribution in [-0.4, -0.2) is 61.0 Å². The molecule has 1 saturated carbocycles. The molecule has 0 aromatic carbocycles. The van der Waals surface area contributed by atoms with Gasteiger partial charge in [-0.2, -0.15) is 0 Å². The molecule has 2 aliphatic heterocycles. The topological polar surface area (TPSA) is 73.5 Å². The van der Waals surface area contributed by atoms with Crippen molar-refractivity contribution in [2.75, 3.05) is 26.2 Å². The summed E-state index contributed by atoms with van der Waals surface area (Å²) in [6.45, 7) is 5.56. The molecule has 3 fully saturated rings. The molecule has 6 nitrogen and oxygen atoms in total. The molecule has 0 spiro atoms. The number of hydrogen-bond donors (Lipinski definition) is 3. The predicted molar refractivity (Wildman–Crippen MR) is 96.2 cm³/mol. The second-order valence-corrected chi connectivity index (χ2v) is 7.36. The molecule has 3 rings (SSSR count). The van der Waals surface area contributed by atoms with Crippen molar-refractivity contribution in [3.8, 4) is 0 Å². The monoisotopic (exact) mass is 358 g/mol. The quantitative estimate of drug-likeness (QED) is 0.652. The highest BCUT2D eigenvalue weighted by Crippen LogP contribution is 2.21. The summed E-state index contributed by atoms with van der Waals surface area (Å²) < 4.78 is 0. The van der Waals surface area contributed by atoms with E-state index >= 15 is 0 Å². The molecular formula is C17H31ClN4O2. The van der Waals surface area contributed by atoms with Gasteiger partial charge >= 0.3 is 0 Å². The third-order valence-corrected chi connectivity index (χ3v) is 5.34. The maximum atomic E-state index is 12.2. The SMILES string of the molecule is CC(C(=O)NC1CC1)N1CCCC(CNC(=O)C2CCCN2)C1.Cl. The fourth-order valence-electron chi connectivity index (χ4n) is 3.61. The summed E-state index contributed by atoms with van der Waals surface area (Å²) in [5.74, 6) is 0.747. The minimum atomic E-state index is -0.0643. The third-order valence-electron chi connectivity index (χ3n) is 5.34. The number of hydrogen-bond acceptors (Lipinski definition) is 4. The molecule has 0 bridgehead atoms. The van der Waals surface area contributed by atoms with Gasteiger partial charge in [0.1, 0.15) is 0 Å². The lowest BCUT2D eigenvalue weighted by Crippen LogP contribution is -2.51. The second-order valence-electron chi connectivity index (χ2n) is 7.36. The highest BCUT2D eigenvalue weighted by atomic mass is 35.5. The lowest BCUT2D eigenvalue weighted by Gasteiger charge is -2.36. The van der Waals surface area contributed by atoms with Crippen LogP contribution in [0.3, 0.4) is 0 Å². The van der Waals surface area contributed by atoms with Crippen LogP contribution in [0.2, 0.25) is 0 Å². The Labute approximate surface area is 150 Å². The smallest absolute Gasteiger partial charge is 0.237 e. The zero-order chi connectivity index (χ0) is 16.2. The Morgan fingerprint density at radius 2 is 2.00 bits per heavy atom. The van der Waals surface area contributed by atoms with Gasteiger partial charge in [0.05, 0.1) is 12.1 Å². The number of carbonyl (C=O) groups is 2. The summed E-state index contributed by atoms with van der Waals surface area (Å²) in [4.78, 5) is 26.6. The van der Waals surface area contributed by atoms with E-state index in [1.807, 2.05) is 6.92 Å². The Balaban J connectivity index is 0.00000208. The van der Waals surface area contributed by atoms with Crippen molar-refractivity contribution in [3.63, 3.8) is 0 Å². The van der Waals surface area contributed by atoms with Gasteiger partial charge in [0.15, 0.2) is 0 Å². The Morgan fingerprint density at radius 3 is 2.67 bits per heavy atom. The number of amides is 2. The molecule has 3 N–H and O–H groups in total. The first-order valence-electron chi connectivity index (χ1n) is 9.19. The second kappa shape index (κ2) is 9.02. The van der Waals surface area contributed by atoms with Gasteiger partial charge in [0.25, 0.3) is 0 Å². The van der Waals surface area contributed by atoms with Crippen LogP contribution < -0.4 is 16.0 Å². The van der Waals surface area contributed by atoms with Gasteiger partial charge in [-0.05, 0) is 64.5 Å². The Morgan fingerprint density at radius 1 is 1.21 bits per heavy atom. The number of halogens is 1. The number of rotatable bonds is 6. The van der Waals surface area contributed by atoms with Gasteiger partial charge in [-0.1, -0.05) is 0 Å². The lowest BCUT2D eigenvalue weighted by atomic mass is 9.96. The largest absolute Gasteiger partial charge is 0.354 e. The fraction of sp³-hybridized carbons (Fsp3) is 0.882. The van der Waals surface area contributed by atoms with E-state index < -0.39 is 0 Å². The van der Waals surface area contributed by atoms with E-state index in [2.05, 4.69) is 20.9 Å². The number of nitrogens with one attached hydrogen (secondary N) is 3. The fourth-order valence-corrected chi connectivity index (χ4v) is 3.61. The van der Waals surface area contributed by atoms with Crippen LogP contribution in [-0.2, 0) is 9.59 Å². The minimum absolute atomic E-state index is 0. The van der Waals surface area contributed by atoms with Gasteiger partial charge in [-0.15, -0.1) is 12.4 Å². The molecule has 0 aromatic rings. The van der Waals surface area contributed by atoms with Crippen molar-refractivity contribution >= 4 is 24.2 Å². The van der Waals surface area contributed by atoms with Gasteiger partial charge in [0, 0.05) is 19.1 Å². The van der Waals surface area contributed by atoms with Gasteiger partial charge < -0.3 is 16.0 Å². The van der Waals surface area contributed by atoms with Crippen LogP contribution >= 0.6 is 12.4 Å². The van der Waals surface area contributed by atoms with Crippen LogP contribution in [0.1, 0.15) is 45.4 Å². The van der Waals surface area contributed by atoms with Crippen LogP contribution in [0.15, 0.2) is 0 Å². The van der Waals surface area contributed by atoms with Gasteiger partial charge in [0.2, 0.25) is 11.8 Å². The Hall–Kier alpha value is -0.850. The van der Waals surface area contributed by atoms with Crippen molar-refractivity contribution in [2.24, 2.45) is 5.92 Å². The van der Waals surface area contributed by atoms with E-state index in [0.717, 1.165) is 64.7 Å². The van der Waals surface area contributed by atoms with Crippen molar-refractivity contribution in [2.45, 2.75) is 63.6 Å². The summed E-state index contributed by atoms with van der Waals surface area (Å²) >= 11 is 0. The summed E-state index contributed by atoms with van der Waals surface area (Å²) in [6, 6.07) is 0.354. The molecule has 2 saturated heterocycles.